The Morgan fingerprint density at radius 3 is 2.80 bits per heavy atom. The number of ether oxygens (including phenoxy) is 1. The van der Waals surface area contributed by atoms with E-state index in [0.29, 0.717) is 19.7 Å². The molecule has 2 atom stereocenters. The smallest absolute Gasteiger partial charge is 0.107 e. The molecule has 10 heavy (non-hydrogen) atoms. The summed E-state index contributed by atoms with van der Waals surface area (Å²) in [5.74, 6) is 0. The van der Waals surface area contributed by atoms with Crippen molar-refractivity contribution in [2.75, 3.05) is 26.7 Å². The van der Waals surface area contributed by atoms with Crippen LogP contribution in [-0.2, 0) is 4.74 Å². The standard InChI is InChI=1S/C7H15NO2/c1-3-7-6-8(2,9)4-5-10-7/h7H,3-6H2,1-2H3. The SMILES string of the molecule is CCC1C[N+](C)([O-])CCO1. The maximum Gasteiger partial charge on any atom is 0.107 e. The maximum absolute atomic E-state index is 11.3. The number of hydrogen-bond acceptors (Lipinski definition) is 2. The van der Waals surface area contributed by atoms with Crippen molar-refractivity contribution in [2.24, 2.45) is 0 Å². The van der Waals surface area contributed by atoms with E-state index in [1.54, 1.807) is 7.05 Å². The van der Waals surface area contributed by atoms with Gasteiger partial charge in [0, 0.05) is 0 Å². The molecule has 1 aliphatic heterocycles. The number of rotatable bonds is 1. The average molecular weight is 145 g/mol. The van der Waals surface area contributed by atoms with E-state index in [-0.39, 0.29) is 10.8 Å². The summed E-state index contributed by atoms with van der Waals surface area (Å²) in [7, 11) is 1.71. The van der Waals surface area contributed by atoms with Crippen molar-refractivity contribution in [3.8, 4) is 0 Å². The quantitative estimate of drug-likeness (QED) is 0.402. The van der Waals surface area contributed by atoms with Crippen molar-refractivity contribution in [3.05, 3.63) is 5.21 Å². The Bertz CT molecular complexity index is 114. The van der Waals surface area contributed by atoms with E-state index < -0.39 is 0 Å². The Kier molecular flexibility index (Phi) is 2.28. The monoisotopic (exact) mass is 145 g/mol. The average Bonchev–Trinajstić information content (AvgIpc) is 1.86. The molecule has 60 valence electrons. The van der Waals surface area contributed by atoms with E-state index in [1.807, 2.05) is 0 Å². The molecular weight excluding hydrogens is 130 g/mol. The lowest BCUT2D eigenvalue weighted by atomic mass is 10.2. The molecule has 0 aromatic heterocycles. The highest BCUT2D eigenvalue weighted by Gasteiger charge is 2.23. The molecule has 0 spiro atoms. The molecule has 0 aliphatic carbocycles. The van der Waals surface area contributed by atoms with E-state index in [2.05, 4.69) is 6.92 Å². The van der Waals surface area contributed by atoms with Crippen molar-refractivity contribution >= 4 is 0 Å². The Labute approximate surface area is 61.8 Å². The molecule has 0 bridgehead atoms. The summed E-state index contributed by atoms with van der Waals surface area (Å²) in [5.41, 5.74) is 0. The lowest BCUT2D eigenvalue weighted by Crippen LogP contribution is -2.51. The van der Waals surface area contributed by atoms with Crippen molar-refractivity contribution < 1.29 is 9.38 Å². The van der Waals surface area contributed by atoms with Crippen molar-refractivity contribution in [2.45, 2.75) is 19.4 Å². The van der Waals surface area contributed by atoms with Gasteiger partial charge in [0.05, 0.1) is 13.7 Å². The first-order valence-electron chi connectivity index (χ1n) is 3.81. The summed E-state index contributed by atoms with van der Waals surface area (Å²) in [6, 6.07) is 0. The fourth-order valence-electron chi connectivity index (χ4n) is 1.23. The summed E-state index contributed by atoms with van der Waals surface area (Å²) < 4.78 is 5.22. The van der Waals surface area contributed by atoms with Gasteiger partial charge in [0.1, 0.15) is 19.2 Å². The summed E-state index contributed by atoms with van der Waals surface area (Å²) in [6.07, 6.45) is 1.15. The molecule has 0 amide bonds. The van der Waals surface area contributed by atoms with E-state index in [1.165, 1.54) is 0 Å². The van der Waals surface area contributed by atoms with E-state index in [4.69, 9.17) is 4.74 Å². The highest BCUT2D eigenvalue weighted by molar-refractivity contribution is 4.59. The van der Waals surface area contributed by atoms with Gasteiger partial charge >= 0.3 is 0 Å². The Balaban J connectivity index is 2.40. The summed E-state index contributed by atoms with van der Waals surface area (Å²) in [6.45, 7) is 3.90. The van der Waals surface area contributed by atoms with Crippen LogP contribution in [0.2, 0.25) is 0 Å². The van der Waals surface area contributed by atoms with Crippen molar-refractivity contribution in [1.82, 2.24) is 0 Å². The molecule has 2 unspecified atom stereocenters. The number of quaternary nitrogens is 1. The minimum absolute atomic E-state index is 0.126. The van der Waals surface area contributed by atoms with Gasteiger partial charge in [0.15, 0.2) is 0 Å². The minimum atomic E-state index is -0.126. The molecule has 0 N–H and O–H groups in total. The van der Waals surface area contributed by atoms with E-state index >= 15 is 0 Å². The van der Waals surface area contributed by atoms with Crippen LogP contribution in [0, 0.1) is 5.21 Å². The lowest BCUT2D eigenvalue weighted by Gasteiger charge is -2.44. The largest absolute Gasteiger partial charge is 0.633 e. The number of nitrogens with zero attached hydrogens (tertiary/aromatic N) is 1. The molecule has 0 aromatic rings. The number of hydrogen-bond donors (Lipinski definition) is 0. The van der Waals surface area contributed by atoms with Crippen LogP contribution in [0.15, 0.2) is 0 Å². The molecule has 3 heteroatoms. The highest BCUT2D eigenvalue weighted by Crippen LogP contribution is 2.12. The predicted molar refractivity (Wildman–Crippen MR) is 39.3 cm³/mol. The summed E-state index contributed by atoms with van der Waals surface area (Å²) >= 11 is 0. The second kappa shape index (κ2) is 2.86. The molecule has 1 saturated heterocycles. The van der Waals surface area contributed by atoms with Gasteiger partial charge in [0.2, 0.25) is 0 Å². The molecule has 0 radical (unpaired) electrons. The fourth-order valence-corrected chi connectivity index (χ4v) is 1.23. The Morgan fingerprint density at radius 1 is 1.70 bits per heavy atom. The molecule has 1 heterocycles. The van der Waals surface area contributed by atoms with Gasteiger partial charge in [0.25, 0.3) is 0 Å². The normalized spacial score (nSPS) is 41.7. The van der Waals surface area contributed by atoms with Gasteiger partial charge in [-0.25, -0.2) is 0 Å². The van der Waals surface area contributed by atoms with Crippen LogP contribution in [0.5, 0.6) is 0 Å². The molecule has 0 saturated carbocycles. The van der Waals surface area contributed by atoms with Crippen LogP contribution >= 0.6 is 0 Å². The Hall–Kier alpha value is -0.120. The molecule has 1 rings (SSSR count). The minimum Gasteiger partial charge on any atom is -0.633 e. The van der Waals surface area contributed by atoms with Crippen LogP contribution in [0.3, 0.4) is 0 Å². The zero-order valence-corrected chi connectivity index (χ0v) is 6.67. The van der Waals surface area contributed by atoms with Gasteiger partial charge in [-0.2, -0.15) is 0 Å². The van der Waals surface area contributed by atoms with E-state index in [0.717, 1.165) is 6.42 Å². The van der Waals surface area contributed by atoms with Gasteiger partial charge in [-0.05, 0) is 6.42 Å². The zero-order valence-electron chi connectivity index (χ0n) is 6.67. The first-order chi connectivity index (χ1) is 4.64. The van der Waals surface area contributed by atoms with Crippen LogP contribution in [0.25, 0.3) is 0 Å². The third-order valence-corrected chi connectivity index (χ3v) is 1.96. The topological polar surface area (TPSA) is 32.3 Å². The number of hydroxylamine groups is 3. The summed E-state index contributed by atoms with van der Waals surface area (Å²) in [5, 5.41) is 11.3. The first kappa shape index (κ1) is 7.98. The van der Waals surface area contributed by atoms with Crippen LogP contribution in [0.1, 0.15) is 13.3 Å². The van der Waals surface area contributed by atoms with Gasteiger partial charge in [-0.15, -0.1) is 0 Å². The maximum atomic E-state index is 11.3. The molecule has 3 nitrogen and oxygen atoms in total. The predicted octanol–water partition coefficient (Wildman–Crippen LogP) is 0.740. The second-order valence-electron chi connectivity index (χ2n) is 3.10. The van der Waals surface area contributed by atoms with Crippen LogP contribution in [0.4, 0.5) is 0 Å². The van der Waals surface area contributed by atoms with E-state index in [9.17, 15) is 5.21 Å². The molecule has 0 aromatic carbocycles. The lowest BCUT2D eigenvalue weighted by molar-refractivity contribution is -0.873. The Morgan fingerprint density at radius 2 is 2.40 bits per heavy atom. The van der Waals surface area contributed by atoms with Crippen molar-refractivity contribution in [1.29, 1.82) is 0 Å². The zero-order chi connectivity index (χ0) is 7.61. The first-order valence-corrected chi connectivity index (χ1v) is 3.81. The molecule has 1 fully saturated rings. The third-order valence-electron chi connectivity index (χ3n) is 1.96. The van der Waals surface area contributed by atoms with Crippen molar-refractivity contribution in [3.63, 3.8) is 0 Å². The summed E-state index contributed by atoms with van der Waals surface area (Å²) in [4.78, 5) is 0. The van der Waals surface area contributed by atoms with Gasteiger partial charge in [-0.3, -0.25) is 0 Å². The number of morpholine rings is 1. The van der Waals surface area contributed by atoms with Gasteiger partial charge in [-0.1, -0.05) is 6.92 Å². The van der Waals surface area contributed by atoms with Crippen LogP contribution in [-0.4, -0.2) is 37.5 Å². The highest BCUT2D eigenvalue weighted by atomic mass is 16.6. The molecule has 1 aliphatic rings. The second-order valence-corrected chi connectivity index (χ2v) is 3.10. The molecular formula is C7H15NO2. The van der Waals surface area contributed by atoms with Crippen LogP contribution < -0.4 is 0 Å². The number of likely N-dealkylation sites (N-methyl/N-ethyl adjacent to an activating group) is 1. The van der Waals surface area contributed by atoms with Gasteiger partial charge < -0.3 is 14.6 Å². The fraction of sp³-hybridized carbons (Fsp3) is 1.00. The third kappa shape index (κ3) is 1.94.